The summed E-state index contributed by atoms with van der Waals surface area (Å²) in [5.74, 6) is 0.684. The van der Waals surface area contributed by atoms with E-state index in [4.69, 9.17) is 4.74 Å². The van der Waals surface area contributed by atoms with Crippen molar-refractivity contribution in [2.75, 3.05) is 7.11 Å². The van der Waals surface area contributed by atoms with Gasteiger partial charge in [0.1, 0.15) is 23.0 Å². The normalized spacial score (nSPS) is 11.6. The van der Waals surface area contributed by atoms with E-state index in [1.54, 1.807) is 19.2 Å². The standard InChI is InChI=1S/C43H32O4/c1-24-25(2)43(47-3)41-39(37-13-7-6-12-36(37)38(40(41)42(24)46)29-21-30(44)23-31(45)22-29)35-17-9-15-33-32(14-8-16-34(33)35)28-19-18-26-10-4-5-11-27(26)20-28/h4-23,44-46H,1-3H3. The maximum atomic E-state index is 12.0. The molecule has 47 heavy (non-hydrogen) atoms. The van der Waals surface area contributed by atoms with Crippen molar-refractivity contribution in [1.29, 1.82) is 0 Å². The van der Waals surface area contributed by atoms with Gasteiger partial charge in [0, 0.05) is 28.0 Å². The highest BCUT2D eigenvalue weighted by Crippen LogP contribution is 2.53. The first-order valence-electron chi connectivity index (χ1n) is 15.6. The molecular formula is C43H32O4. The van der Waals surface area contributed by atoms with Gasteiger partial charge in [0.25, 0.3) is 0 Å². The van der Waals surface area contributed by atoms with E-state index in [9.17, 15) is 15.3 Å². The Morgan fingerprint density at radius 3 is 1.77 bits per heavy atom. The van der Waals surface area contributed by atoms with Crippen molar-refractivity contribution in [3.63, 3.8) is 0 Å². The highest BCUT2D eigenvalue weighted by molar-refractivity contribution is 6.27. The fourth-order valence-electron chi connectivity index (χ4n) is 7.34. The van der Waals surface area contributed by atoms with E-state index in [2.05, 4.69) is 84.9 Å². The second-order valence-electron chi connectivity index (χ2n) is 12.2. The van der Waals surface area contributed by atoms with Crippen LogP contribution in [0.5, 0.6) is 23.0 Å². The van der Waals surface area contributed by atoms with E-state index in [0.717, 1.165) is 54.7 Å². The van der Waals surface area contributed by atoms with Crippen LogP contribution in [0.15, 0.2) is 121 Å². The summed E-state index contributed by atoms with van der Waals surface area (Å²) in [6, 6.07) is 40.5. The molecule has 0 unspecified atom stereocenters. The Hall–Kier alpha value is -6.00. The first-order chi connectivity index (χ1) is 22.9. The lowest BCUT2D eigenvalue weighted by Gasteiger charge is -2.24. The zero-order valence-electron chi connectivity index (χ0n) is 26.3. The molecule has 4 heteroatoms. The molecule has 0 aliphatic rings. The number of rotatable bonds is 4. The van der Waals surface area contributed by atoms with E-state index in [-0.39, 0.29) is 17.2 Å². The van der Waals surface area contributed by atoms with Gasteiger partial charge in [-0.2, -0.15) is 0 Å². The van der Waals surface area contributed by atoms with Crippen LogP contribution >= 0.6 is 0 Å². The van der Waals surface area contributed by atoms with Gasteiger partial charge >= 0.3 is 0 Å². The molecule has 0 saturated carbocycles. The Kier molecular flexibility index (Phi) is 6.55. The quantitative estimate of drug-likeness (QED) is 0.173. The van der Waals surface area contributed by atoms with Crippen LogP contribution in [0, 0.1) is 13.8 Å². The summed E-state index contributed by atoms with van der Waals surface area (Å²) < 4.78 is 6.18. The van der Waals surface area contributed by atoms with Crippen molar-refractivity contribution in [2.45, 2.75) is 13.8 Å². The summed E-state index contributed by atoms with van der Waals surface area (Å²) in [6.07, 6.45) is 0. The molecule has 8 aromatic carbocycles. The zero-order valence-corrected chi connectivity index (χ0v) is 26.3. The summed E-state index contributed by atoms with van der Waals surface area (Å²) >= 11 is 0. The second kappa shape index (κ2) is 10.8. The van der Waals surface area contributed by atoms with E-state index in [0.29, 0.717) is 27.8 Å². The number of phenols is 3. The molecular weight excluding hydrogens is 580 g/mol. The smallest absolute Gasteiger partial charge is 0.130 e. The molecule has 8 aromatic rings. The first kappa shape index (κ1) is 28.5. The monoisotopic (exact) mass is 612 g/mol. The Bertz CT molecular complexity index is 2540. The summed E-state index contributed by atoms with van der Waals surface area (Å²) in [7, 11) is 1.66. The zero-order chi connectivity index (χ0) is 32.4. The largest absolute Gasteiger partial charge is 0.508 e. The van der Waals surface area contributed by atoms with E-state index >= 15 is 0 Å². The Morgan fingerprint density at radius 1 is 0.468 bits per heavy atom. The lowest BCUT2D eigenvalue weighted by molar-refractivity contribution is 0.414. The topological polar surface area (TPSA) is 69.9 Å². The molecule has 0 aliphatic heterocycles. The molecule has 0 aromatic heterocycles. The number of methoxy groups -OCH3 is 1. The first-order valence-corrected chi connectivity index (χ1v) is 15.6. The van der Waals surface area contributed by atoms with Gasteiger partial charge in [-0.3, -0.25) is 0 Å². The van der Waals surface area contributed by atoms with Gasteiger partial charge in [-0.05, 0) is 97.7 Å². The summed E-state index contributed by atoms with van der Waals surface area (Å²) in [6.45, 7) is 3.85. The number of hydrogen-bond donors (Lipinski definition) is 3. The maximum absolute atomic E-state index is 12.0. The number of fused-ring (bicyclic) bond motifs is 4. The highest BCUT2D eigenvalue weighted by atomic mass is 16.5. The van der Waals surface area contributed by atoms with E-state index < -0.39 is 0 Å². The molecule has 3 N–H and O–H groups in total. The summed E-state index contributed by atoms with van der Waals surface area (Å²) in [5.41, 5.74) is 7.08. The van der Waals surface area contributed by atoms with E-state index in [1.165, 1.54) is 16.8 Å². The van der Waals surface area contributed by atoms with Crippen molar-refractivity contribution in [1.82, 2.24) is 0 Å². The summed E-state index contributed by atoms with van der Waals surface area (Å²) in [5, 5.41) is 40.9. The molecule has 0 atom stereocenters. The van der Waals surface area contributed by atoms with Crippen LogP contribution in [0.1, 0.15) is 11.1 Å². The van der Waals surface area contributed by atoms with Gasteiger partial charge in [0.05, 0.1) is 7.11 Å². The average Bonchev–Trinajstić information content (AvgIpc) is 3.09. The van der Waals surface area contributed by atoms with Crippen LogP contribution in [-0.4, -0.2) is 22.4 Å². The maximum Gasteiger partial charge on any atom is 0.130 e. The van der Waals surface area contributed by atoms with Crippen molar-refractivity contribution < 1.29 is 20.1 Å². The van der Waals surface area contributed by atoms with Gasteiger partial charge in [-0.25, -0.2) is 0 Å². The number of benzene rings is 8. The predicted molar refractivity (Wildman–Crippen MR) is 194 cm³/mol. The molecule has 0 bridgehead atoms. The van der Waals surface area contributed by atoms with Gasteiger partial charge in [-0.1, -0.05) is 97.1 Å². The number of ether oxygens (including phenoxy) is 1. The molecule has 0 spiro atoms. The van der Waals surface area contributed by atoms with Crippen molar-refractivity contribution in [3.8, 4) is 56.4 Å². The molecule has 0 amide bonds. The minimum Gasteiger partial charge on any atom is -0.508 e. The summed E-state index contributed by atoms with van der Waals surface area (Å²) in [4.78, 5) is 0. The number of hydrogen-bond acceptors (Lipinski definition) is 4. The van der Waals surface area contributed by atoms with Crippen LogP contribution in [0.25, 0.3) is 76.5 Å². The van der Waals surface area contributed by atoms with Gasteiger partial charge < -0.3 is 20.1 Å². The third kappa shape index (κ3) is 4.37. The highest BCUT2D eigenvalue weighted by Gasteiger charge is 2.26. The number of phenolic OH excluding ortho intramolecular Hbond substituents is 3. The van der Waals surface area contributed by atoms with Gasteiger partial charge in [0.2, 0.25) is 0 Å². The second-order valence-corrected chi connectivity index (χ2v) is 12.2. The van der Waals surface area contributed by atoms with Crippen LogP contribution in [-0.2, 0) is 0 Å². The third-order valence-electron chi connectivity index (χ3n) is 9.59. The molecule has 4 nitrogen and oxygen atoms in total. The Balaban J connectivity index is 1.54. The number of aromatic hydroxyl groups is 3. The SMILES string of the molecule is COc1c(C)c(C)c(O)c2c(-c3cc(O)cc(O)c3)c3ccccc3c(-c3cccc4c(-c5ccc6ccccc6c5)cccc34)c12. The molecule has 0 radical (unpaired) electrons. The Morgan fingerprint density at radius 2 is 1.06 bits per heavy atom. The lowest BCUT2D eigenvalue weighted by atomic mass is 9.82. The van der Waals surface area contributed by atoms with Crippen LogP contribution < -0.4 is 4.74 Å². The van der Waals surface area contributed by atoms with Crippen LogP contribution in [0.2, 0.25) is 0 Å². The van der Waals surface area contributed by atoms with Crippen LogP contribution in [0.4, 0.5) is 0 Å². The van der Waals surface area contributed by atoms with Crippen molar-refractivity contribution in [3.05, 3.63) is 132 Å². The van der Waals surface area contributed by atoms with Crippen molar-refractivity contribution >= 4 is 43.1 Å². The van der Waals surface area contributed by atoms with Crippen LogP contribution in [0.3, 0.4) is 0 Å². The molecule has 0 saturated heterocycles. The fourth-order valence-corrected chi connectivity index (χ4v) is 7.34. The molecule has 228 valence electrons. The third-order valence-corrected chi connectivity index (χ3v) is 9.59. The minimum absolute atomic E-state index is 0.0631. The molecule has 0 aliphatic carbocycles. The van der Waals surface area contributed by atoms with E-state index in [1.807, 2.05) is 32.0 Å². The van der Waals surface area contributed by atoms with Gasteiger partial charge in [-0.15, -0.1) is 0 Å². The molecule has 8 rings (SSSR count). The minimum atomic E-state index is -0.0631. The molecule has 0 fully saturated rings. The predicted octanol–water partition coefficient (Wildman–Crippen LogP) is 11.0. The van der Waals surface area contributed by atoms with Crippen molar-refractivity contribution in [2.24, 2.45) is 0 Å². The Labute approximate surface area is 272 Å². The average molecular weight is 613 g/mol. The lowest BCUT2D eigenvalue weighted by Crippen LogP contribution is -1.99. The fraction of sp³-hybridized carbons (Fsp3) is 0.0698. The molecule has 0 heterocycles. The van der Waals surface area contributed by atoms with Gasteiger partial charge in [0.15, 0.2) is 0 Å².